The minimum Gasteiger partial charge on any atom is -0.0654 e. The molecule has 1 aliphatic carbocycles. The number of fused-ring (bicyclic) bond motifs is 1. The number of halogens is 1. The van der Waals surface area contributed by atoms with Crippen LogP contribution in [0.3, 0.4) is 0 Å². The Hall–Kier alpha value is -1.34. The molecular weight excluding hydrogens is 320 g/mol. The molecule has 3 rings (SSSR count). The molecule has 2 aromatic carbocycles. The molecule has 0 fully saturated rings. The van der Waals surface area contributed by atoms with Crippen LogP contribution in [0.25, 0.3) is 5.57 Å². The molecule has 0 N–H and O–H groups in total. The van der Waals surface area contributed by atoms with E-state index in [0.29, 0.717) is 0 Å². The molecule has 21 heavy (non-hydrogen) atoms. The molecule has 0 saturated heterocycles. The molecule has 0 unspecified atom stereocenters. The van der Waals surface area contributed by atoms with Gasteiger partial charge in [0.25, 0.3) is 0 Å². The van der Waals surface area contributed by atoms with E-state index in [9.17, 15) is 0 Å². The zero-order valence-electron chi connectivity index (χ0n) is 12.7. The van der Waals surface area contributed by atoms with Gasteiger partial charge in [0.15, 0.2) is 0 Å². The predicted octanol–water partition coefficient (Wildman–Crippen LogP) is 6.17. The molecule has 0 atom stereocenters. The fourth-order valence-corrected chi connectivity index (χ4v) is 3.68. The highest BCUT2D eigenvalue weighted by Gasteiger charge is 2.21. The number of benzene rings is 2. The Morgan fingerprint density at radius 1 is 1.05 bits per heavy atom. The number of hydrogen-bond donors (Lipinski definition) is 0. The van der Waals surface area contributed by atoms with Crippen LogP contribution < -0.4 is 0 Å². The van der Waals surface area contributed by atoms with Crippen molar-refractivity contribution in [3.05, 3.63) is 74.8 Å². The van der Waals surface area contributed by atoms with Gasteiger partial charge in [0.1, 0.15) is 0 Å². The summed E-state index contributed by atoms with van der Waals surface area (Å²) in [6.07, 6.45) is 4.78. The molecule has 0 spiro atoms. The van der Waals surface area contributed by atoms with Gasteiger partial charge in [-0.05, 0) is 60.1 Å². The Labute approximate surface area is 136 Å². The summed E-state index contributed by atoms with van der Waals surface area (Å²) in [7, 11) is 0. The standard InChI is InChI=1S/C20H21Br/c1-3-4-6-15-9-11-16(12-10-15)20-14(2)13-18-17(20)7-5-8-19(18)21/h5,7-12H,3-4,6,13H2,1-2H3. The number of rotatable bonds is 4. The minimum absolute atomic E-state index is 1.06. The van der Waals surface area contributed by atoms with Gasteiger partial charge in [0, 0.05) is 4.47 Å². The molecule has 0 aromatic heterocycles. The van der Waals surface area contributed by atoms with E-state index < -0.39 is 0 Å². The van der Waals surface area contributed by atoms with Gasteiger partial charge in [-0.25, -0.2) is 0 Å². The highest BCUT2D eigenvalue weighted by atomic mass is 79.9. The molecule has 0 bridgehead atoms. The van der Waals surface area contributed by atoms with Crippen LogP contribution in [-0.2, 0) is 12.8 Å². The van der Waals surface area contributed by atoms with Crippen LogP contribution in [0.2, 0.25) is 0 Å². The van der Waals surface area contributed by atoms with Crippen LogP contribution in [0, 0.1) is 0 Å². The van der Waals surface area contributed by atoms with Crippen LogP contribution >= 0.6 is 15.9 Å². The van der Waals surface area contributed by atoms with Gasteiger partial charge >= 0.3 is 0 Å². The Kier molecular flexibility index (Phi) is 4.30. The van der Waals surface area contributed by atoms with E-state index >= 15 is 0 Å². The second kappa shape index (κ2) is 6.19. The molecular formula is C20H21Br. The van der Waals surface area contributed by atoms with Crippen molar-refractivity contribution in [1.82, 2.24) is 0 Å². The molecule has 0 amide bonds. The van der Waals surface area contributed by atoms with E-state index in [1.165, 1.54) is 57.1 Å². The van der Waals surface area contributed by atoms with Crippen molar-refractivity contribution in [2.24, 2.45) is 0 Å². The van der Waals surface area contributed by atoms with Crippen LogP contribution in [0.5, 0.6) is 0 Å². The SMILES string of the molecule is CCCCc1ccc(C2=C(C)Cc3c(Br)cccc32)cc1. The van der Waals surface area contributed by atoms with Gasteiger partial charge < -0.3 is 0 Å². The van der Waals surface area contributed by atoms with Crippen molar-refractivity contribution >= 4 is 21.5 Å². The Balaban J connectivity index is 1.94. The summed E-state index contributed by atoms with van der Waals surface area (Å²) in [5.74, 6) is 0. The van der Waals surface area contributed by atoms with Crippen molar-refractivity contribution in [2.75, 3.05) is 0 Å². The third-order valence-corrected chi connectivity index (χ3v) is 5.06. The van der Waals surface area contributed by atoms with Crippen LogP contribution in [0.15, 0.2) is 52.5 Å². The van der Waals surface area contributed by atoms with Gasteiger partial charge in [-0.3, -0.25) is 0 Å². The normalized spacial score (nSPS) is 13.7. The van der Waals surface area contributed by atoms with Crippen molar-refractivity contribution in [3.63, 3.8) is 0 Å². The lowest BCUT2D eigenvalue weighted by Gasteiger charge is -2.09. The lowest BCUT2D eigenvalue weighted by molar-refractivity contribution is 0.795. The van der Waals surface area contributed by atoms with E-state index in [2.05, 4.69) is 72.2 Å². The van der Waals surface area contributed by atoms with Gasteiger partial charge in [0.2, 0.25) is 0 Å². The van der Waals surface area contributed by atoms with E-state index in [0.717, 1.165) is 6.42 Å². The summed E-state index contributed by atoms with van der Waals surface area (Å²) in [6, 6.07) is 15.7. The molecule has 0 heterocycles. The Morgan fingerprint density at radius 3 is 2.52 bits per heavy atom. The zero-order chi connectivity index (χ0) is 14.8. The minimum atomic E-state index is 1.06. The van der Waals surface area contributed by atoms with E-state index in [-0.39, 0.29) is 0 Å². The first kappa shape index (κ1) is 14.6. The molecule has 0 radical (unpaired) electrons. The second-order valence-electron chi connectivity index (χ2n) is 5.90. The maximum atomic E-state index is 3.69. The average molecular weight is 341 g/mol. The van der Waals surface area contributed by atoms with Crippen molar-refractivity contribution in [2.45, 2.75) is 39.5 Å². The highest BCUT2D eigenvalue weighted by Crippen LogP contribution is 2.40. The third kappa shape index (κ3) is 2.85. The molecule has 0 nitrogen and oxygen atoms in total. The van der Waals surface area contributed by atoms with Crippen LogP contribution in [0.1, 0.15) is 48.9 Å². The molecule has 1 aliphatic rings. The third-order valence-electron chi connectivity index (χ3n) is 4.32. The Morgan fingerprint density at radius 2 is 1.81 bits per heavy atom. The lowest BCUT2D eigenvalue weighted by Crippen LogP contribution is -1.90. The van der Waals surface area contributed by atoms with Gasteiger partial charge in [-0.1, -0.05) is 71.2 Å². The van der Waals surface area contributed by atoms with E-state index in [1.807, 2.05) is 0 Å². The highest BCUT2D eigenvalue weighted by molar-refractivity contribution is 9.10. The maximum absolute atomic E-state index is 3.69. The zero-order valence-corrected chi connectivity index (χ0v) is 14.3. The summed E-state index contributed by atoms with van der Waals surface area (Å²) in [5.41, 5.74) is 8.52. The van der Waals surface area contributed by atoms with E-state index in [1.54, 1.807) is 0 Å². The molecule has 0 saturated carbocycles. The summed E-state index contributed by atoms with van der Waals surface area (Å²) in [5, 5.41) is 0. The first-order chi connectivity index (χ1) is 10.2. The number of aryl methyl sites for hydroxylation is 1. The second-order valence-corrected chi connectivity index (χ2v) is 6.75. The molecule has 2 aromatic rings. The predicted molar refractivity (Wildman–Crippen MR) is 94.6 cm³/mol. The summed E-state index contributed by atoms with van der Waals surface area (Å²) < 4.78 is 1.23. The fraction of sp³-hybridized carbons (Fsp3) is 0.300. The van der Waals surface area contributed by atoms with Gasteiger partial charge in [-0.2, -0.15) is 0 Å². The van der Waals surface area contributed by atoms with Crippen LogP contribution in [0.4, 0.5) is 0 Å². The number of allylic oxidation sites excluding steroid dienone is 1. The van der Waals surface area contributed by atoms with E-state index in [4.69, 9.17) is 0 Å². The quantitative estimate of drug-likeness (QED) is 0.624. The Bertz CT molecular complexity index is 677. The molecule has 0 aliphatic heterocycles. The maximum Gasteiger partial charge on any atom is 0.0216 e. The van der Waals surface area contributed by atoms with Crippen molar-refractivity contribution in [1.29, 1.82) is 0 Å². The van der Waals surface area contributed by atoms with Crippen molar-refractivity contribution < 1.29 is 0 Å². The smallest absolute Gasteiger partial charge is 0.0216 e. The number of hydrogen-bond acceptors (Lipinski definition) is 0. The average Bonchev–Trinajstić information content (AvgIpc) is 2.83. The fourth-order valence-electron chi connectivity index (χ4n) is 3.18. The van der Waals surface area contributed by atoms with Gasteiger partial charge in [-0.15, -0.1) is 0 Å². The summed E-state index contributed by atoms with van der Waals surface area (Å²) >= 11 is 3.69. The first-order valence-electron chi connectivity index (χ1n) is 7.77. The first-order valence-corrected chi connectivity index (χ1v) is 8.57. The summed E-state index contributed by atoms with van der Waals surface area (Å²) in [4.78, 5) is 0. The van der Waals surface area contributed by atoms with Crippen LogP contribution in [-0.4, -0.2) is 0 Å². The lowest BCUT2D eigenvalue weighted by atomic mass is 9.96. The monoisotopic (exact) mass is 340 g/mol. The largest absolute Gasteiger partial charge is 0.0654 e. The molecule has 1 heteroatoms. The van der Waals surface area contributed by atoms with Crippen molar-refractivity contribution in [3.8, 4) is 0 Å². The topological polar surface area (TPSA) is 0 Å². The summed E-state index contributed by atoms with van der Waals surface area (Å²) in [6.45, 7) is 4.50. The molecule has 108 valence electrons. The number of unbranched alkanes of at least 4 members (excludes halogenated alkanes) is 1. The van der Waals surface area contributed by atoms with Gasteiger partial charge in [0.05, 0.1) is 0 Å².